The van der Waals surface area contributed by atoms with Gasteiger partial charge < -0.3 is 0 Å². The first kappa shape index (κ1) is 21.8. The molecule has 7 heteroatoms. The summed E-state index contributed by atoms with van der Waals surface area (Å²) in [6.45, 7) is 2.52. The topological polar surface area (TPSA) is 46.1 Å². The number of rotatable bonds is 8. The summed E-state index contributed by atoms with van der Waals surface area (Å²) in [4.78, 5) is 25.2. The molecular weight excluding hydrogens is 446 g/mol. The van der Waals surface area contributed by atoms with Gasteiger partial charge in [0.15, 0.2) is 5.13 Å². The Balaban J connectivity index is 1.47. The number of benzene rings is 2. The number of thioether (sulfide) groups is 1. The number of carbonyl (C=O) groups is 1. The maximum Gasteiger partial charge on any atom is 0.229 e. The Morgan fingerprint density at radius 3 is 2.71 bits per heavy atom. The predicted molar refractivity (Wildman–Crippen MR) is 131 cm³/mol. The van der Waals surface area contributed by atoms with Crippen molar-refractivity contribution in [3.05, 3.63) is 83.1 Å². The number of para-hydroxylation sites is 1. The molecular formula is C24H22ClN3OS2. The lowest BCUT2D eigenvalue weighted by atomic mass is 10.2. The average Bonchev–Trinajstić information content (AvgIpc) is 3.22. The minimum absolute atomic E-state index is 0.0808. The molecule has 0 unspecified atom stereocenters. The number of aromatic nitrogens is 2. The van der Waals surface area contributed by atoms with Gasteiger partial charge >= 0.3 is 0 Å². The molecule has 4 aromatic rings. The van der Waals surface area contributed by atoms with E-state index in [1.54, 1.807) is 40.4 Å². The Labute approximate surface area is 195 Å². The number of halogens is 1. The van der Waals surface area contributed by atoms with Crippen LogP contribution in [0.5, 0.6) is 0 Å². The van der Waals surface area contributed by atoms with Gasteiger partial charge in [-0.1, -0.05) is 41.1 Å². The number of hydrogen-bond donors (Lipinski definition) is 0. The van der Waals surface area contributed by atoms with Crippen LogP contribution in [-0.2, 0) is 11.3 Å². The van der Waals surface area contributed by atoms with Crippen molar-refractivity contribution >= 4 is 56.0 Å². The van der Waals surface area contributed by atoms with Crippen LogP contribution in [-0.4, -0.2) is 21.6 Å². The van der Waals surface area contributed by atoms with Gasteiger partial charge in [-0.3, -0.25) is 14.7 Å². The normalized spacial score (nSPS) is 11.0. The van der Waals surface area contributed by atoms with Gasteiger partial charge in [-0.05, 0) is 66.6 Å². The highest BCUT2D eigenvalue weighted by molar-refractivity contribution is 7.99. The summed E-state index contributed by atoms with van der Waals surface area (Å²) in [5, 5.41) is 1.47. The van der Waals surface area contributed by atoms with E-state index in [1.807, 2.05) is 55.5 Å². The molecule has 0 atom stereocenters. The molecule has 0 aliphatic rings. The van der Waals surface area contributed by atoms with Gasteiger partial charge in [-0.15, -0.1) is 11.8 Å². The molecule has 2 heterocycles. The van der Waals surface area contributed by atoms with Crippen molar-refractivity contribution in [2.45, 2.75) is 31.2 Å². The zero-order valence-electron chi connectivity index (χ0n) is 17.1. The smallest absolute Gasteiger partial charge is 0.229 e. The van der Waals surface area contributed by atoms with Gasteiger partial charge in [-0.2, -0.15) is 0 Å². The highest BCUT2D eigenvalue weighted by atomic mass is 35.5. The minimum Gasteiger partial charge on any atom is -0.284 e. The Bertz CT molecular complexity index is 1160. The number of nitrogens with zero attached hydrogens (tertiary/aromatic N) is 3. The van der Waals surface area contributed by atoms with E-state index in [2.05, 4.69) is 11.1 Å². The van der Waals surface area contributed by atoms with E-state index in [0.29, 0.717) is 13.0 Å². The summed E-state index contributed by atoms with van der Waals surface area (Å²) in [5.41, 5.74) is 3.07. The van der Waals surface area contributed by atoms with E-state index >= 15 is 0 Å². The van der Waals surface area contributed by atoms with E-state index in [-0.39, 0.29) is 5.91 Å². The number of hydrogen-bond acceptors (Lipinski definition) is 5. The van der Waals surface area contributed by atoms with Gasteiger partial charge in [0.25, 0.3) is 0 Å². The molecule has 0 bridgehead atoms. The molecule has 0 fully saturated rings. The Hall–Kier alpha value is -2.41. The van der Waals surface area contributed by atoms with E-state index in [4.69, 9.17) is 16.6 Å². The SMILES string of the molecule is Cc1cccc2sc(N(Cc3cccnc3)C(=O)CCCSc3ccc(Cl)cc3)nc12. The fraction of sp³-hybridized carbons (Fsp3) is 0.208. The second-order valence-corrected chi connectivity index (χ2v) is 9.78. The van der Waals surface area contributed by atoms with Crippen LogP contribution in [0.4, 0.5) is 5.13 Å². The van der Waals surface area contributed by atoms with Gasteiger partial charge in [0.2, 0.25) is 5.91 Å². The van der Waals surface area contributed by atoms with Crippen molar-refractivity contribution in [2.24, 2.45) is 0 Å². The molecule has 31 heavy (non-hydrogen) atoms. The molecule has 0 saturated heterocycles. The minimum atomic E-state index is 0.0808. The number of thiazole rings is 1. The second kappa shape index (κ2) is 10.3. The zero-order chi connectivity index (χ0) is 21.6. The quantitative estimate of drug-likeness (QED) is 0.212. The fourth-order valence-corrected chi connectivity index (χ4v) is 5.24. The van der Waals surface area contributed by atoms with Crippen LogP contribution in [0.1, 0.15) is 24.0 Å². The fourth-order valence-electron chi connectivity index (χ4n) is 3.21. The summed E-state index contributed by atoms with van der Waals surface area (Å²) in [6, 6.07) is 17.8. The van der Waals surface area contributed by atoms with Crippen molar-refractivity contribution in [1.29, 1.82) is 0 Å². The average molecular weight is 468 g/mol. The monoisotopic (exact) mass is 467 g/mol. The van der Waals surface area contributed by atoms with Gasteiger partial charge in [0, 0.05) is 28.7 Å². The molecule has 2 aromatic carbocycles. The maximum absolute atomic E-state index is 13.2. The Kier molecular flexibility index (Phi) is 7.22. The first-order valence-electron chi connectivity index (χ1n) is 10.0. The molecule has 0 aliphatic carbocycles. The number of pyridine rings is 1. The van der Waals surface area contributed by atoms with Crippen LogP contribution >= 0.6 is 34.7 Å². The number of anilines is 1. The molecule has 0 N–H and O–H groups in total. The lowest BCUT2D eigenvalue weighted by Gasteiger charge is -2.20. The zero-order valence-corrected chi connectivity index (χ0v) is 19.5. The van der Waals surface area contributed by atoms with E-state index < -0.39 is 0 Å². The molecule has 4 rings (SSSR count). The standard InChI is InChI=1S/C24H22ClN3OS2/c1-17-5-2-7-21-23(17)27-24(31-21)28(16-18-6-3-13-26-15-18)22(29)8-4-14-30-20-11-9-19(25)10-12-20/h2-3,5-7,9-13,15H,4,8,14,16H2,1H3. The summed E-state index contributed by atoms with van der Waals surface area (Å²) < 4.78 is 1.09. The van der Waals surface area contributed by atoms with Gasteiger partial charge in [0.1, 0.15) is 0 Å². The van der Waals surface area contributed by atoms with E-state index in [0.717, 1.165) is 48.6 Å². The third-order valence-corrected chi connectivity index (χ3v) is 7.22. The molecule has 1 amide bonds. The second-order valence-electron chi connectivity index (χ2n) is 7.17. The van der Waals surface area contributed by atoms with Gasteiger partial charge in [0.05, 0.1) is 16.8 Å². The largest absolute Gasteiger partial charge is 0.284 e. The lowest BCUT2D eigenvalue weighted by Crippen LogP contribution is -2.30. The van der Waals surface area contributed by atoms with Crippen LogP contribution in [0.15, 0.2) is 71.9 Å². The van der Waals surface area contributed by atoms with Crippen molar-refractivity contribution in [3.8, 4) is 0 Å². The first-order chi connectivity index (χ1) is 15.1. The van der Waals surface area contributed by atoms with Crippen LogP contribution in [0.25, 0.3) is 10.2 Å². The number of aryl methyl sites for hydroxylation is 1. The van der Waals surface area contributed by atoms with E-state index in [1.165, 1.54) is 0 Å². The third kappa shape index (κ3) is 5.64. The number of amides is 1. The lowest BCUT2D eigenvalue weighted by molar-refractivity contribution is -0.118. The molecule has 2 aromatic heterocycles. The van der Waals surface area contributed by atoms with Gasteiger partial charge in [-0.25, -0.2) is 4.98 Å². The van der Waals surface area contributed by atoms with E-state index in [9.17, 15) is 4.79 Å². The van der Waals surface area contributed by atoms with Crippen LogP contribution in [0, 0.1) is 6.92 Å². The molecule has 158 valence electrons. The van der Waals surface area contributed by atoms with Crippen LogP contribution in [0.3, 0.4) is 0 Å². The van der Waals surface area contributed by atoms with Crippen LogP contribution < -0.4 is 4.90 Å². The number of carbonyl (C=O) groups excluding carboxylic acids is 1. The highest BCUT2D eigenvalue weighted by Crippen LogP contribution is 2.32. The first-order valence-corrected chi connectivity index (χ1v) is 12.2. The predicted octanol–water partition coefficient (Wildman–Crippen LogP) is 6.76. The summed E-state index contributed by atoms with van der Waals surface area (Å²) in [6.07, 6.45) is 4.80. The van der Waals surface area contributed by atoms with Crippen molar-refractivity contribution in [1.82, 2.24) is 9.97 Å². The third-order valence-electron chi connectivity index (χ3n) is 4.82. The summed E-state index contributed by atoms with van der Waals surface area (Å²) in [5.74, 6) is 0.949. The Morgan fingerprint density at radius 2 is 1.97 bits per heavy atom. The summed E-state index contributed by atoms with van der Waals surface area (Å²) >= 11 is 9.24. The molecule has 0 saturated carbocycles. The van der Waals surface area contributed by atoms with Crippen molar-refractivity contribution in [2.75, 3.05) is 10.7 Å². The molecule has 4 nitrogen and oxygen atoms in total. The maximum atomic E-state index is 13.2. The number of fused-ring (bicyclic) bond motifs is 1. The summed E-state index contributed by atoms with van der Waals surface area (Å²) in [7, 11) is 0. The molecule has 0 radical (unpaired) electrons. The van der Waals surface area contributed by atoms with Crippen LogP contribution in [0.2, 0.25) is 5.02 Å². The molecule has 0 aliphatic heterocycles. The van der Waals surface area contributed by atoms with Crippen molar-refractivity contribution in [3.63, 3.8) is 0 Å². The highest BCUT2D eigenvalue weighted by Gasteiger charge is 2.20. The molecule has 0 spiro atoms. The Morgan fingerprint density at radius 1 is 1.13 bits per heavy atom. The van der Waals surface area contributed by atoms with Crippen molar-refractivity contribution < 1.29 is 4.79 Å².